The highest BCUT2D eigenvalue weighted by Crippen LogP contribution is 2.40. The van der Waals surface area contributed by atoms with Crippen LogP contribution in [0.25, 0.3) is 0 Å². The number of halogens is 2. The Labute approximate surface area is 174 Å². The van der Waals surface area contributed by atoms with Crippen molar-refractivity contribution >= 4 is 16.0 Å². The van der Waals surface area contributed by atoms with Crippen LogP contribution in [-0.2, 0) is 10.0 Å². The van der Waals surface area contributed by atoms with E-state index < -0.39 is 40.5 Å². The van der Waals surface area contributed by atoms with Gasteiger partial charge in [-0.05, 0) is 26.2 Å². The summed E-state index contributed by atoms with van der Waals surface area (Å²) in [6, 6.07) is 1.83. The number of sulfonamides is 1. The van der Waals surface area contributed by atoms with Crippen molar-refractivity contribution in [2.45, 2.75) is 62.7 Å². The van der Waals surface area contributed by atoms with E-state index in [2.05, 4.69) is 15.3 Å². The Hall–Kier alpha value is -2.10. The standard InChI is InChI=1S/C18H25F2N5O4S/c1-17(26)11-18(19,20)6-3-14(17)29-15-12(9-21)10-22-16(24-15)23-13-4-7-25(8-5-13)30(2,27)28/h10,13-14,26H,3-8,11H2,1-2H3,(H,22,23,24)/t14-,17+/m1/s1. The number of anilines is 1. The summed E-state index contributed by atoms with van der Waals surface area (Å²) in [6.45, 7) is 2.03. The molecule has 1 aliphatic heterocycles. The molecule has 1 aromatic heterocycles. The number of ether oxygens (including phenoxy) is 1. The van der Waals surface area contributed by atoms with E-state index in [0.717, 1.165) is 0 Å². The molecule has 166 valence electrons. The number of nitriles is 1. The zero-order chi connectivity index (χ0) is 22.2. The minimum atomic E-state index is -3.23. The van der Waals surface area contributed by atoms with Crippen LogP contribution >= 0.6 is 0 Å². The van der Waals surface area contributed by atoms with E-state index in [1.807, 2.05) is 6.07 Å². The van der Waals surface area contributed by atoms with Crippen LogP contribution in [0.2, 0.25) is 0 Å². The largest absolute Gasteiger partial charge is 0.470 e. The molecule has 0 bridgehead atoms. The van der Waals surface area contributed by atoms with E-state index in [-0.39, 0.29) is 29.9 Å². The van der Waals surface area contributed by atoms with E-state index in [1.54, 1.807) is 0 Å². The second-order valence-electron chi connectivity index (χ2n) is 8.14. The fraction of sp³-hybridized carbons (Fsp3) is 0.722. The SMILES string of the molecule is C[C@]1(O)CC(F)(F)CC[C@H]1Oc1nc(NC2CCN(S(C)(=O)=O)CC2)ncc1C#N. The lowest BCUT2D eigenvalue weighted by Crippen LogP contribution is -2.51. The van der Waals surface area contributed by atoms with Crippen LogP contribution < -0.4 is 10.1 Å². The fourth-order valence-electron chi connectivity index (χ4n) is 3.82. The van der Waals surface area contributed by atoms with Crippen LogP contribution in [0, 0.1) is 11.3 Å². The molecule has 2 aliphatic rings. The first-order valence-electron chi connectivity index (χ1n) is 9.65. The van der Waals surface area contributed by atoms with E-state index >= 15 is 0 Å². The van der Waals surface area contributed by atoms with Gasteiger partial charge in [-0.15, -0.1) is 0 Å². The number of piperidine rings is 1. The lowest BCUT2D eigenvalue weighted by Gasteiger charge is -2.40. The molecule has 30 heavy (non-hydrogen) atoms. The van der Waals surface area contributed by atoms with Gasteiger partial charge in [-0.2, -0.15) is 10.2 Å². The van der Waals surface area contributed by atoms with Crippen LogP contribution in [-0.4, -0.2) is 70.8 Å². The first kappa shape index (κ1) is 22.6. The Morgan fingerprint density at radius 2 is 2.03 bits per heavy atom. The van der Waals surface area contributed by atoms with Crippen LogP contribution in [0.3, 0.4) is 0 Å². The summed E-state index contributed by atoms with van der Waals surface area (Å²) in [5.74, 6) is -2.87. The van der Waals surface area contributed by atoms with Gasteiger partial charge in [-0.1, -0.05) is 0 Å². The van der Waals surface area contributed by atoms with Gasteiger partial charge in [0.25, 0.3) is 5.92 Å². The number of hydrogen-bond donors (Lipinski definition) is 2. The maximum atomic E-state index is 13.6. The van der Waals surface area contributed by atoms with Crippen molar-refractivity contribution in [3.05, 3.63) is 11.8 Å². The molecule has 0 amide bonds. The molecule has 2 heterocycles. The van der Waals surface area contributed by atoms with E-state index in [1.165, 1.54) is 23.7 Å². The summed E-state index contributed by atoms with van der Waals surface area (Å²) in [6.07, 6.45) is 1.36. The molecule has 1 aliphatic carbocycles. The van der Waals surface area contributed by atoms with Crippen molar-refractivity contribution in [1.29, 1.82) is 5.26 Å². The highest BCUT2D eigenvalue weighted by Gasteiger charge is 2.49. The molecule has 1 saturated carbocycles. The topological polar surface area (TPSA) is 128 Å². The fourth-order valence-corrected chi connectivity index (χ4v) is 4.69. The average Bonchev–Trinajstić information content (AvgIpc) is 2.63. The van der Waals surface area contributed by atoms with E-state index in [9.17, 15) is 27.6 Å². The van der Waals surface area contributed by atoms with Gasteiger partial charge >= 0.3 is 0 Å². The number of nitrogens with zero attached hydrogens (tertiary/aromatic N) is 4. The average molecular weight is 445 g/mol. The summed E-state index contributed by atoms with van der Waals surface area (Å²) in [5.41, 5.74) is -1.74. The Kier molecular flexibility index (Phi) is 6.18. The van der Waals surface area contributed by atoms with Crippen molar-refractivity contribution in [2.24, 2.45) is 0 Å². The number of nitrogens with one attached hydrogen (secondary N) is 1. The molecular formula is C18H25F2N5O4S. The molecule has 3 rings (SSSR count). The van der Waals surface area contributed by atoms with Crippen molar-refractivity contribution in [3.8, 4) is 11.9 Å². The van der Waals surface area contributed by atoms with Crippen LogP contribution in [0.4, 0.5) is 14.7 Å². The lowest BCUT2D eigenvalue weighted by molar-refractivity contribution is -0.162. The predicted molar refractivity (Wildman–Crippen MR) is 104 cm³/mol. The Bertz CT molecular complexity index is 927. The van der Waals surface area contributed by atoms with Crippen molar-refractivity contribution in [2.75, 3.05) is 24.7 Å². The smallest absolute Gasteiger partial charge is 0.251 e. The summed E-state index contributed by atoms with van der Waals surface area (Å²) >= 11 is 0. The van der Waals surface area contributed by atoms with Gasteiger partial charge in [-0.3, -0.25) is 0 Å². The highest BCUT2D eigenvalue weighted by molar-refractivity contribution is 7.88. The van der Waals surface area contributed by atoms with Crippen molar-refractivity contribution in [1.82, 2.24) is 14.3 Å². The third-order valence-electron chi connectivity index (χ3n) is 5.47. The molecule has 0 spiro atoms. The Balaban J connectivity index is 1.70. The number of alkyl halides is 2. The highest BCUT2D eigenvalue weighted by atomic mass is 32.2. The van der Waals surface area contributed by atoms with Crippen molar-refractivity contribution in [3.63, 3.8) is 0 Å². The molecule has 0 radical (unpaired) electrons. The molecule has 2 fully saturated rings. The summed E-state index contributed by atoms with van der Waals surface area (Å²) in [4.78, 5) is 8.29. The minimum Gasteiger partial charge on any atom is -0.470 e. The second-order valence-corrected chi connectivity index (χ2v) is 10.1. The van der Waals surface area contributed by atoms with Gasteiger partial charge in [0.2, 0.25) is 21.9 Å². The molecule has 1 saturated heterocycles. The van der Waals surface area contributed by atoms with Gasteiger partial charge in [0.15, 0.2) is 0 Å². The molecule has 12 heteroatoms. The minimum absolute atomic E-state index is 0.0283. The monoisotopic (exact) mass is 445 g/mol. The van der Waals surface area contributed by atoms with Crippen LogP contribution in [0.5, 0.6) is 5.88 Å². The number of aliphatic hydroxyl groups is 1. The second kappa shape index (κ2) is 8.20. The quantitative estimate of drug-likeness (QED) is 0.698. The van der Waals surface area contributed by atoms with Crippen LogP contribution in [0.15, 0.2) is 6.20 Å². The van der Waals surface area contributed by atoms with Gasteiger partial charge < -0.3 is 15.2 Å². The molecule has 9 nitrogen and oxygen atoms in total. The third kappa shape index (κ3) is 5.33. The molecule has 2 N–H and O–H groups in total. The number of aromatic nitrogens is 2. The van der Waals surface area contributed by atoms with Gasteiger partial charge in [0.05, 0.1) is 12.5 Å². The Morgan fingerprint density at radius 3 is 2.60 bits per heavy atom. The zero-order valence-electron chi connectivity index (χ0n) is 16.8. The predicted octanol–water partition coefficient (Wildman–Crippen LogP) is 1.50. The van der Waals surface area contributed by atoms with Gasteiger partial charge in [-0.25, -0.2) is 26.5 Å². The van der Waals surface area contributed by atoms with Crippen LogP contribution in [0.1, 0.15) is 44.6 Å². The third-order valence-corrected chi connectivity index (χ3v) is 6.77. The normalized spacial score (nSPS) is 27.9. The maximum Gasteiger partial charge on any atom is 0.251 e. The summed E-state index contributed by atoms with van der Waals surface area (Å²) < 4.78 is 57.6. The maximum absolute atomic E-state index is 13.6. The Morgan fingerprint density at radius 1 is 1.37 bits per heavy atom. The van der Waals surface area contributed by atoms with E-state index in [4.69, 9.17) is 4.74 Å². The number of rotatable bonds is 5. The molecule has 0 aromatic carbocycles. The lowest BCUT2D eigenvalue weighted by atomic mass is 9.81. The molecular weight excluding hydrogens is 420 g/mol. The molecule has 1 aromatic rings. The summed E-state index contributed by atoms with van der Waals surface area (Å²) in [5, 5.41) is 22.8. The summed E-state index contributed by atoms with van der Waals surface area (Å²) in [7, 11) is -3.23. The zero-order valence-corrected chi connectivity index (χ0v) is 17.6. The van der Waals surface area contributed by atoms with Gasteiger partial charge in [0.1, 0.15) is 23.3 Å². The molecule has 0 unspecified atom stereocenters. The van der Waals surface area contributed by atoms with Crippen molar-refractivity contribution < 1.29 is 27.0 Å². The van der Waals surface area contributed by atoms with Gasteiger partial charge in [0, 0.05) is 32.0 Å². The number of hydrogen-bond acceptors (Lipinski definition) is 8. The first-order chi connectivity index (χ1) is 13.9. The first-order valence-corrected chi connectivity index (χ1v) is 11.5. The van der Waals surface area contributed by atoms with E-state index in [0.29, 0.717) is 25.9 Å². The molecule has 2 atom stereocenters.